The highest BCUT2D eigenvalue weighted by atomic mass is 32.2. The minimum atomic E-state index is -3.56. The fraction of sp³-hybridized carbons (Fsp3) is 0.462. The van der Waals surface area contributed by atoms with Crippen LogP contribution in [0, 0.1) is 11.8 Å². The Labute approximate surface area is 118 Å². The predicted octanol–water partition coefficient (Wildman–Crippen LogP) is 0.752. The van der Waals surface area contributed by atoms with Crippen LogP contribution in [0.25, 0.3) is 0 Å². The first kappa shape index (κ1) is 14.8. The van der Waals surface area contributed by atoms with Gasteiger partial charge in [-0.3, -0.25) is 4.79 Å². The molecule has 0 aliphatic carbocycles. The number of carboxylic acid groups (broad SMARTS) is 1. The first-order chi connectivity index (χ1) is 9.36. The lowest BCUT2D eigenvalue weighted by molar-refractivity contribution is -0.142. The van der Waals surface area contributed by atoms with E-state index in [4.69, 9.17) is 5.11 Å². The number of rotatable bonds is 4. The van der Waals surface area contributed by atoms with Gasteiger partial charge in [-0.05, 0) is 25.1 Å². The van der Waals surface area contributed by atoms with Crippen LogP contribution in [0.1, 0.15) is 6.92 Å². The molecule has 1 saturated heterocycles. The van der Waals surface area contributed by atoms with Crippen LogP contribution >= 0.6 is 0 Å². The van der Waals surface area contributed by atoms with Crippen LogP contribution in [0.3, 0.4) is 0 Å². The molecule has 0 bridgehead atoms. The van der Waals surface area contributed by atoms with Gasteiger partial charge in [-0.25, -0.2) is 13.1 Å². The summed E-state index contributed by atoms with van der Waals surface area (Å²) in [6, 6.07) is 6.64. The summed E-state index contributed by atoms with van der Waals surface area (Å²) in [4.78, 5) is 13.2. The molecule has 6 nitrogen and oxygen atoms in total. The summed E-state index contributed by atoms with van der Waals surface area (Å²) in [6.45, 7) is 2.73. The number of sulfonamides is 1. The maximum atomic E-state index is 12.0. The largest absolute Gasteiger partial charge is 0.481 e. The summed E-state index contributed by atoms with van der Waals surface area (Å²) in [6.07, 6.45) is 0. The molecule has 1 aliphatic heterocycles. The molecule has 2 N–H and O–H groups in total. The van der Waals surface area contributed by atoms with Gasteiger partial charge in [0.15, 0.2) is 0 Å². The van der Waals surface area contributed by atoms with E-state index in [2.05, 4.69) is 4.72 Å². The van der Waals surface area contributed by atoms with E-state index >= 15 is 0 Å². The van der Waals surface area contributed by atoms with Crippen molar-refractivity contribution in [2.24, 2.45) is 11.8 Å². The molecule has 0 aromatic heterocycles. The standard InChI is InChI=1S/C13H18N2O4S/c1-9-7-15(8-10(9)13(16)17)11-5-3-4-6-12(11)20(18,19)14-2/h3-6,9-10,14H,7-8H2,1-2H3,(H,16,17). The number of carbonyl (C=O) groups is 1. The molecular formula is C13H18N2O4S. The molecule has 1 heterocycles. The zero-order chi connectivity index (χ0) is 14.9. The molecule has 2 unspecified atom stereocenters. The minimum Gasteiger partial charge on any atom is -0.481 e. The molecule has 2 rings (SSSR count). The monoisotopic (exact) mass is 298 g/mol. The first-order valence-corrected chi connectivity index (χ1v) is 7.85. The van der Waals surface area contributed by atoms with Gasteiger partial charge in [-0.2, -0.15) is 0 Å². The van der Waals surface area contributed by atoms with Crippen molar-refractivity contribution < 1.29 is 18.3 Å². The zero-order valence-electron chi connectivity index (χ0n) is 11.4. The lowest BCUT2D eigenvalue weighted by atomic mass is 9.99. The number of hydrogen-bond acceptors (Lipinski definition) is 4. The molecule has 0 saturated carbocycles. The summed E-state index contributed by atoms with van der Waals surface area (Å²) in [5.41, 5.74) is 0.553. The van der Waals surface area contributed by atoms with E-state index in [9.17, 15) is 13.2 Å². The van der Waals surface area contributed by atoms with Crippen molar-refractivity contribution in [2.45, 2.75) is 11.8 Å². The summed E-state index contributed by atoms with van der Waals surface area (Å²) in [5, 5.41) is 9.17. The van der Waals surface area contributed by atoms with Gasteiger partial charge < -0.3 is 10.0 Å². The van der Waals surface area contributed by atoms with Crippen LogP contribution in [-0.2, 0) is 14.8 Å². The van der Waals surface area contributed by atoms with E-state index in [1.807, 2.05) is 11.8 Å². The Hall–Kier alpha value is -1.60. The Balaban J connectivity index is 2.38. The van der Waals surface area contributed by atoms with Crippen LogP contribution in [-0.4, -0.2) is 39.6 Å². The molecule has 7 heteroatoms. The van der Waals surface area contributed by atoms with Gasteiger partial charge >= 0.3 is 5.97 Å². The van der Waals surface area contributed by atoms with E-state index < -0.39 is 21.9 Å². The van der Waals surface area contributed by atoms with Gasteiger partial charge in [0.2, 0.25) is 10.0 Å². The first-order valence-electron chi connectivity index (χ1n) is 6.37. The maximum Gasteiger partial charge on any atom is 0.308 e. The molecule has 0 spiro atoms. The zero-order valence-corrected chi connectivity index (χ0v) is 12.2. The fourth-order valence-electron chi connectivity index (χ4n) is 2.54. The van der Waals surface area contributed by atoms with Gasteiger partial charge in [-0.15, -0.1) is 0 Å². The van der Waals surface area contributed by atoms with Crippen LogP contribution in [0.5, 0.6) is 0 Å². The maximum absolute atomic E-state index is 12.0. The van der Waals surface area contributed by atoms with E-state index in [0.717, 1.165) is 0 Å². The molecule has 0 radical (unpaired) electrons. The Morgan fingerprint density at radius 1 is 1.35 bits per heavy atom. The second kappa shape index (κ2) is 5.41. The molecule has 1 aromatic rings. The third kappa shape index (κ3) is 2.64. The number of carboxylic acids is 1. The normalized spacial score (nSPS) is 23.0. The van der Waals surface area contributed by atoms with E-state index in [1.165, 1.54) is 13.1 Å². The Morgan fingerprint density at radius 2 is 2.00 bits per heavy atom. The SMILES string of the molecule is CNS(=O)(=O)c1ccccc1N1CC(C)C(C(=O)O)C1. The highest BCUT2D eigenvalue weighted by molar-refractivity contribution is 7.89. The molecule has 1 aliphatic rings. The van der Waals surface area contributed by atoms with E-state index in [1.54, 1.807) is 18.2 Å². The molecule has 2 atom stereocenters. The second-order valence-corrected chi connectivity index (χ2v) is 6.86. The highest BCUT2D eigenvalue weighted by Gasteiger charge is 2.36. The van der Waals surface area contributed by atoms with Gasteiger partial charge in [0, 0.05) is 13.1 Å². The minimum absolute atomic E-state index is 0.0159. The third-order valence-electron chi connectivity index (χ3n) is 3.69. The third-order valence-corrected chi connectivity index (χ3v) is 5.16. The average Bonchev–Trinajstić information content (AvgIpc) is 2.81. The van der Waals surface area contributed by atoms with E-state index in [0.29, 0.717) is 18.8 Å². The lowest BCUT2D eigenvalue weighted by Crippen LogP contribution is -2.26. The quantitative estimate of drug-likeness (QED) is 0.856. The van der Waals surface area contributed by atoms with Crippen molar-refractivity contribution in [1.82, 2.24) is 4.72 Å². The average molecular weight is 298 g/mol. The van der Waals surface area contributed by atoms with Crippen molar-refractivity contribution in [3.8, 4) is 0 Å². The van der Waals surface area contributed by atoms with Gasteiger partial charge in [0.25, 0.3) is 0 Å². The summed E-state index contributed by atoms with van der Waals surface area (Å²) >= 11 is 0. The number of anilines is 1. The van der Waals surface area contributed by atoms with Gasteiger partial charge in [0.05, 0.1) is 11.6 Å². The van der Waals surface area contributed by atoms with E-state index in [-0.39, 0.29) is 10.8 Å². The Bertz CT molecular complexity index is 615. The smallest absolute Gasteiger partial charge is 0.308 e. The van der Waals surface area contributed by atoms with Gasteiger partial charge in [0.1, 0.15) is 4.90 Å². The Kier molecular flexibility index (Phi) is 4.01. The van der Waals surface area contributed by atoms with Crippen LogP contribution < -0.4 is 9.62 Å². The Morgan fingerprint density at radius 3 is 2.55 bits per heavy atom. The van der Waals surface area contributed by atoms with Crippen molar-refractivity contribution in [1.29, 1.82) is 0 Å². The number of hydrogen-bond donors (Lipinski definition) is 2. The number of aliphatic carboxylic acids is 1. The molecule has 1 fully saturated rings. The number of benzene rings is 1. The lowest BCUT2D eigenvalue weighted by Gasteiger charge is -2.21. The summed E-state index contributed by atoms with van der Waals surface area (Å²) in [7, 11) is -2.20. The highest BCUT2D eigenvalue weighted by Crippen LogP contribution is 2.32. The second-order valence-electron chi connectivity index (χ2n) is 5.00. The van der Waals surface area contributed by atoms with Gasteiger partial charge in [-0.1, -0.05) is 19.1 Å². The van der Waals surface area contributed by atoms with Crippen LogP contribution in [0.4, 0.5) is 5.69 Å². The number of nitrogens with zero attached hydrogens (tertiary/aromatic N) is 1. The van der Waals surface area contributed by atoms with Crippen molar-refractivity contribution in [2.75, 3.05) is 25.0 Å². The van der Waals surface area contributed by atoms with Crippen molar-refractivity contribution in [3.05, 3.63) is 24.3 Å². The van der Waals surface area contributed by atoms with Crippen molar-refractivity contribution in [3.63, 3.8) is 0 Å². The van der Waals surface area contributed by atoms with Crippen molar-refractivity contribution >= 4 is 21.7 Å². The number of nitrogens with one attached hydrogen (secondary N) is 1. The predicted molar refractivity (Wildman–Crippen MR) is 75.2 cm³/mol. The molecule has 110 valence electrons. The van der Waals surface area contributed by atoms with Crippen LogP contribution in [0.15, 0.2) is 29.2 Å². The summed E-state index contributed by atoms with van der Waals surface area (Å²) < 4.78 is 26.3. The number of para-hydroxylation sites is 1. The topological polar surface area (TPSA) is 86.7 Å². The fourth-order valence-corrected chi connectivity index (χ4v) is 3.49. The molecular weight excluding hydrogens is 280 g/mol. The molecule has 20 heavy (non-hydrogen) atoms. The molecule has 0 amide bonds. The van der Waals surface area contributed by atoms with Crippen LogP contribution in [0.2, 0.25) is 0 Å². The summed E-state index contributed by atoms with van der Waals surface area (Å²) in [5.74, 6) is -1.33. The molecule has 1 aromatic carbocycles.